The van der Waals surface area contributed by atoms with E-state index in [1.807, 2.05) is 18.2 Å². The van der Waals surface area contributed by atoms with Gasteiger partial charge in [0.2, 0.25) is 0 Å². The Kier molecular flexibility index (Phi) is 4.96. The minimum absolute atomic E-state index is 0.149. The number of aryl methyl sites for hydroxylation is 1. The van der Waals surface area contributed by atoms with Gasteiger partial charge in [-0.2, -0.15) is 5.10 Å². The minimum atomic E-state index is -0.243. The van der Waals surface area contributed by atoms with E-state index in [0.717, 1.165) is 21.5 Å². The average Bonchev–Trinajstić information content (AvgIpc) is 3.06. The van der Waals surface area contributed by atoms with Crippen molar-refractivity contribution in [2.45, 2.75) is 5.37 Å². The van der Waals surface area contributed by atoms with Crippen molar-refractivity contribution in [3.8, 4) is 5.75 Å². The summed E-state index contributed by atoms with van der Waals surface area (Å²) < 4.78 is 7.55. The highest BCUT2D eigenvalue weighted by Gasteiger charge is 2.34. The van der Waals surface area contributed by atoms with Gasteiger partial charge in [0.25, 0.3) is 11.5 Å². The lowest BCUT2D eigenvalue weighted by molar-refractivity contribution is 0.0750. The van der Waals surface area contributed by atoms with Crippen molar-refractivity contribution in [1.29, 1.82) is 0 Å². The third-order valence-electron chi connectivity index (χ3n) is 3.79. The van der Waals surface area contributed by atoms with Gasteiger partial charge in [-0.25, -0.2) is 4.68 Å². The van der Waals surface area contributed by atoms with Crippen molar-refractivity contribution in [3.05, 3.63) is 56.4 Å². The fourth-order valence-corrected chi connectivity index (χ4v) is 4.25. The van der Waals surface area contributed by atoms with Gasteiger partial charge < -0.3 is 9.64 Å². The summed E-state index contributed by atoms with van der Waals surface area (Å²) in [6, 6.07) is 8.59. The Morgan fingerprint density at radius 3 is 2.88 bits per heavy atom. The van der Waals surface area contributed by atoms with Crippen molar-refractivity contribution in [2.75, 3.05) is 19.4 Å². The van der Waals surface area contributed by atoms with Gasteiger partial charge >= 0.3 is 0 Å². The van der Waals surface area contributed by atoms with Crippen LogP contribution in [0.5, 0.6) is 5.75 Å². The van der Waals surface area contributed by atoms with Crippen LogP contribution in [0.4, 0.5) is 0 Å². The molecule has 1 atom stereocenters. The first-order valence-corrected chi connectivity index (χ1v) is 9.16. The molecular weight excluding hydrogens is 394 g/mol. The molecule has 0 spiro atoms. The Labute approximate surface area is 151 Å². The predicted molar refractivity (Wildman–Crippen MR) is 96.4 cm³/mol. The summed E-state index contributed by atoms with van der Waals surface area (Å²) in [6.07, 6.45) is 0. The zero-order chi connectivity index (χ0) is 17.3. The molecule has 1 unspecified atom stereocenters. The van der Waals surface area contributed by atoms with Crippen LogP contribution in [-0.2, 0) is 7.05 Å². The van der Waals surface area contributed by atoms with Gasteiger partial charge in [-0.05, 0) is 24.3 Å². The van der Waals surface area contributed by atoms with E-state index in [0.29, 0.717) is 6.54 Å². The normalized spacial score (nSPS) is 17.1. The second kappa shape index (κ2) is 6.98. The fraction of sp³-hybridized carbons (Fsp3) is 0.312. The van der Waals surface area contributed by atoms with E-state index in [2.05, 4.69) is 21.0 Å². The van der Waals surface area contributed by atoms with Crippen LogP contribution >= 0.6 is 27.7 Å². The van der Waals surface area contributed by atoms with Gasteiger partial charge in [0.05, 0.1) is 7.11 Å². The first-order valence-electron chi connectivity index (χ1n) is 7.31. The maximum Gasteiger partial charge on any atom is 0.275 e. The standard InChI is InChI=1S/C16H16BrN3O3S/c1-19-14(21)6-4-12(18-19)15(22)20-7-8-24-16(20)11-9-10(17)3-5-13(11)23-2/h3-6,9,16H,7-8H2,1-2H3. The Hall–Kier alpha value is -1.80. The van der Waals surface area contributed by atoms with Gasteiger partial charge in [0.15, 0.2) is 0 Å². The first kappa shape index (κ1) is 17.0. The van der Waals surface area contributed by atoms with Crippen LogP contribution in [0.25, 0.3) is 0 Å². The van der Waals surface area contributed by atoms with E-state index in [4.69, 9.17) is 4.74 Å². The molecule has 0 bridgehead atoms. The number of halogens is 1. The molecule has 1 aliphatic rings. The quantitative estimate of drug-likeness (QED) is 0.778. The molecule has 0 N–H and O–H groups in total. The summed E-state index contributed by atoms with van der Waals surface area (Å²) in [5, 5.41) is 3.92. The van der Waals surface area contributed by atoms with Gasteiger partial charge in [0, 0.05) is 35.4 Å². The van der Waals surface area contributed by atoms with E-state index >= 15 is 0 Å². The molecule has 2 heterocycles. The van der Waals surface area contributed by atoms with Crippen LogP contribution in [-0.4, -0.2) is 40.0 Å². The first-order chi connectivity index (χ1) is 11.5. The topological polar surface area (TPSA) is 64.4 Å². The number of carbonyl (C=O) groups excluding carboxylic acids is 1. The number of aromatic nitrogens is 2. The molecule has 8 heteroatoms. The van der Waals surface area contributed by atoms with Gasteiger partial charge in [-0.3, -0.25) is 9.59 Å². The molecule has 24 heavy (non-hydrogen) atoms. The molecule has 0 aliphatic carbocycles. The molecule has 1 aromatic heterocycles. The molecular formula is C16H16BrN3O3S. The highest BCUT2D eigenvalue weighted by Crippen LogP contribution is 2.43. The number of amides is 1. The number of benzene rings is 1. The number of methoxy groups -OCH3 is 1. The molecule has 1 fully saturated rings. The van der Waals surface area contributed by atoms with Gasteiger partial charge in [-0.15, -0.1) is 11.8 Å². The maximum absolute atomic E-state index is 12.9. The monoisotopic (exact) mass is 409 g/mol. The minimum Gasteiger partial charge on any atom is -0.496 e. The zero-order valence-electron chi connectivity index (χ0n) is 13.2. The van der Waals surface area contributed by atoms with Crippen molar-refractivity contribution < 1.29 is 9.53 Å². The van der Waals surface area contributed by atoms with Crippen molar-refractivity contribution in [2.24, 2.45) is 7.05 Å². The van der Waals surface area contributed by atoms with Crippen LogP contribution in [0.3, 0.4) is 0 Å². The number of hydrogen-bond donors (Lipinski definition) is 0. The average molecular weight is 410 g/mol. The van der Waals surface area contributed by atoms with Gasteiger partial charge in [0.1, 0.15) is 16.8 Å². The van der Waals surface area contributed by atoms with Crippen LogP contribution in [0, 0.1) is 0 Å². The molecule has 1 saturated heterocycles. The van der Waals surface area contributed by atoms with E-state index in [1.54, 1.807) is 23.8 Å². The van der Waals surface area contributed by atoms with Crippen LogP contribution in [0.2, 0.25) is 0 Å². The lowest BCUT2D eigenvalue weighted by Gasteiger charge is -2.25. The molecule has 1 aromatic carbocycles. The second-order valence-corrected chi connectivity index (χ2v) is 7.39. The number of carbonyl (C=O) groups is 1. The molecule has 1 amide bonds. The highest BCUT2D eigenvalue weighted by atomic mass is 79.9. The van der Waals surface area contributed by atoms with Crippen molar-refractivity contribution in [3.63, 3.8) is 0 Å². The summed E-state index contributed by atoms with van der Waals surface area (Å²) in [5.41, 5.74) is 0.957. The van der Waals surface area contributed by atoms with E-state index < -0.39 is 0 Å². The maximum atomic E-state index is 12.9. The number of thioether (sulfide) groups is 1. The molecule has 6 nitrogen and oxygen atoms in total. The summed E-state index contributed by atoms with van der Waals surface area (Å²) in [7, 11) is 3.15. The number of hydrogen-bond acceptors (Lipinski definition) is 5. The van der Waals surface area contributed by atoms with Gasteiger partial charge in [-0.1, -0.05) is 15.9 Å². The third kappa shape index (κ3) is 3.21. The third-order valence-corrected chi connectivity index (χ3v) is 5.52. The summed E-state index contributed by atoms with van der Waals surface area (Å²) in [5.74, 6) is 1.38. The van der Waals surface area contributed by atoms with E-state index in [-0.39, 0.29) is 22.5 Å². The molecule has 3 rings (SSSR count). The summed E-state index contributed by atoms with van der Waals surface area (Å²) in [6.45, 7) is 0.619. The smallest absolute Gasteiger partial charge is 0.275 e. The molecule has 2 aromatic rings. The van der Waals surface area contributed by atoms with Crippen molar-refractivity contribution >= 4 is 33.6 Å². The number of nitrogens with zero attached hydrogens (tertiary/aromatic N) is 3. The lowest BCUT2D eigenvalue weighted by atomic mass is 10.1. The largest absolute Gasteiger partial charge is 0.496 e. The van der Waals surface area contributed by atoms with E-state index in [1.165, 1.54) is 23.9 Å². The predicted octanol–water partition coefficient (Wildman–Crippen LogP) is 2.44. The zero-order valence-corrected chi connectivity index (χ0v) is 15.6. The van der Waals surface area contributed by atoms with E-state index in [9.17, 15) is 9.59 Å². The van der Waals surface area contributed by atoms with Crippen LogP contribution in [0.1, 0.15) is 21.4 Å². The fourth-order valence-electron chi connectivity index (χ4n) is 2.60. The van der Waals surface area contributed by atoms with Crippen LogP contribution < -0.4 is 10.3 Å². The summed E-state index contributed by atoms with van der Waals surface area (Å²) >= 11 is 5.15. The molecule has 1 aliphatic heterocycles. The SMILES string of the molecule is COc1ccc(Br)cc1C1SCCN1C(=O)c1ccc(=O)n(C)n1. The lowest BCUT2D eigenvalue weighted by Crippen LogP contribution is -2.33. The summed E-state index contributed by atoms with van der Waals surface area (Å²) in [4.78, 5) is 26.1. The Morgan fingerprint density at radius 1 is 1.38 bits per heavy atom. The molecule has 0 saturated carbocycles. The van der Waals surface area contributed by atoms with Crippen molar-refractivity contribution in [1.82, 2.24) is 14.7 Å². The Balaban J connectivity index is 1.96. The molecule has 126 valence electrons. The highest BCUT2D eigenvalue weighted by molar-refractivity contribution is 9.10. The van der Waals surface area contributed by atoms with Crippen LogP contribution in [0.15, 0.2) is 39.6 Å². The Bertz CT molecular complexity index is 840. The number of rotatable bonds is 3. The second-order valence-electron chi connectivity index (χ2n) is 5.29. The Morgan fingerprint density at radius 2 is 2.17 bits per heavy atom. The molecule has 0 radical (unpaired) electrons. The number of ether oxygens (including phenoxy) is 1.